The van der Waals surface area contributed by atoms with E-state index in [1.54, 1.807) is 0 Å². The van der Waals surface area contributed by atoms with E-state index in [2.05, 4.69) is 0 Å². The highest BCUT2D eigenvalue weighted by Gasteiger charge is 2.48. The van der Waals surface area contributed by atoms with E-state index in [4.69, 9.17) is 20.1 Å². The minimum atomic E-state index is -1.60. The van der Waals surface area contributed by atoms with Crippen LogP contribution in [0.1, 0.15) is 0 Å². The second-order valence-corrected chi connectivity index (χ2v) is 2.68. The molecule has 3 atom stereocenters. The first-order chi connectivity index (χ1) is 5.16. The zero-order valence-electron chi connectivity index (χ0n) is 5.90. The summed E-state index contributed by atoms with van der Waals surface area (Å²) in [5, 5.41) is 26.7. The minimum absolute atomic E-state index is 0.133. The average molecular weight is 166 g/mol. The molecule has 0 radical (unpaired) electrons. The highest BCUT2D eigenvalue weighted by Crippen LogP contribution is 2.26. The third-order valence-corrected chi connectivity index (χ3v) is 1.94. The fourth-order valence-electron chi connectivity index (χ4n) is 1.08. The number of aliphatic hydroxyl groups excluding tert-OH is 3. The highest BCUT2D eigenvalue weighted by molar-refractivity contribution is 4.97. The quantitative estimate of drug-likeness (QED) is 0.464. The van der Waals surface area contributed by atoms with Crippen molar-refractivity contribution in [2.75, 3.05) is 19.9 Å². The Morgan fingerprint density at radius 3 is 2.36 bits per heavy atom. The molecule has 1 saturated heterocycles. The average Bonchev–Trinajstić information content (AvgIpc) is 2.32. The van der Waals surface area contributed by atoms with Crippen LogP contribution in [-0.2, 0) is 4.74 Å². The fourth-order valence-corrected chi connectivity index (χ4v) is 1.08. The van der Waals surface area contributed by atoms with E-state index in [0.29, 0.717) is 0 Å². The van der Waals surface area contributed by atoms with Crippen LogP contribution >= 0.6 is 0 Å². The molecular weight excluding hydrogens is 155 g/mol. The van der Waals surface area contributed by atoms with Crippen LogP contribution in [0.15, 0.2) is 0 Å². The molecule has 0 aromatic heterocycles. The molecule has 0 spiro atoms. The molecule has 1 fully saturated rings. The summed E-state index contributed by atoms with van der Waals surface area (Å²) in [4.78, 5) is 0. The summed E-state index contributed by atoms with van der Waals surface area (Å²) in [5.74, 6) is 0. The maximum atomic E-state index is 12.2. The summed E-state index contributed by atoms with van der Waals surface area (Å²) < 4.78 is 17.0. The second kappa shape index (κ2) is 3.02. The Morgan fingerprint density at radius 2 is 2.18 bits per heavy atom. The summed E-state index contributed by atoms with van der Waals surface area (Å²) >= 11 is 0. The van der Waals surface area contributed by atoms with Crippen molar-refractivity contribution in [2.24, 2.45) is 0 Å². The van der Waals surface area contributed by atoms with Crippen LogP contribution < -0.4 is 0 Å². The van der Waals surface area contributed by atoms with Crippen molar-refractivity contribution in [3.8, 4) is 0 Å². The highest BCUT2D eigenvalue weighted by atomic mass is 19.1. The van der Waals surface area contributed by atoms with Crippen LogP contribution in [0.4, 0.5) is 4.39 Å². The maximum Gasteiger partial charge on any atom is 0.148 e. The van der Waals surface area contributed by atoms with E-state index in [1.807, 2.05) is 0 Å². The molecule has 3 unspecified atom stereocenters. The summed E-state index contributed by atoms with van der Waals surface area (Å²) in [7, 11) is 0. The summed E-state index contributed by atoms with van der Waals surface area (Å²) in [5.41, 5.74) is -1.60. The van der Waals surface area contributed by atoms with Gasteiger partial charge < -0.3 is 20.1 Å². The van der Waals surface area contributed by atoms with Crippen LogP contribution in [0, 0.1) is 0 Å². The lowest BCUT2D eigenvalue weighted by molar-refractivity contribution is -0.106. The van der Waals surface area contributed by atoms with Gasteiger partial charge in [-0.1, -0.05) is 0 Å². The number of aliphatic hydroxyl groups is 3. The molecular formula is C6H11FO4. The van der Waals surface area contributed by atoms with Gasteiger partial charge in [-0.25, -0.2) is 4.39 Å². The molecule has 3 N–H and O–H groups in total. The van der Waals surface area contributed by atoms with Crippen molar-refractivity contribution in [2.45, 2.75) is 17.8 Å². The van der Waals surface area contributed by atoms with Crippen molar-refractivity contribution in [3.05, 3.63) is 0 Å². The second-order valence-electron chi connectivity index (χ2n) is 2.68. The van der Waals surface area contributed by atoms with Gasteiger partial charge in [0.2, 0.25) is 0 Å². The molecule has 0 aromatic rings. The van der Waals surface area contributed by atoms with Gasteiger partial charge in [0.05, 0.1) is 13.2 Å². The van der Waals surface area contributed by atoms with Gasteiger partial charge in [-0.2, -0.15) is 0 Å². The lowest BCUT2D eigenvalue weighted by Gasteiger charge is -2.25. The van der Waals surface area contributed by atoms with Gasteiger partial charge in [0.1, 0.15) is 24.5 Å². The maximum absolute atomic E-state index is 12.2. The SMILES string of the molecule is OCC1(CF)OCC(O)C1O. The first-order valence-electron chi connectivity index (χ1n) is 3.33. The molecule has 0 bridgehead atoms. The number of ether oxygens (including phenoxy) is 1. The Balaban J connectivity index is 2.69. The van der Waals surface area contributed by atoms with Crippen LogP contribution in [0.2, 0.25) is 0 Å². The number of hydrogen-bond donors (Lipinski definition) is 3. The zero-order chi connectivity index (χ0) is 8.48. The summed E-state index contributed by atoms with van der Waals surface area (Å²) in [6.45, 7) is -1.75. The Bertz CT molecular complexity index is 137. The molecule has 1 heterocycles. The molecule has 1 aliphatic heterocycles. The van der Waals surface area contributed by atoms with Crippen LogP contribution in [0.3, 0.4) is 0 Å². The molecule has 1 rings (SSSR count). The van der Waals surface area contributed by atoms with Gasteiger partial charge in [0.15, 0.2) is 0 Å². The van der Waals surface area contributed by atoms with Crippen LogP contribution in [0.25, 0.3) is 0 Å². The van der Waals surface area contributed by atoms with E-state index < -0.39 is 31.1 Å². The van der Waals surface area contributed by atoms with Crippen molar-refractivity contribution < 1.29 is 24.4 Å². The van der Waals surface area contributed by atoms with Gasteiger partial charge in [-0.05, 0) is 0 Å². The smallest absolute Gasteiger partial charge is 0.148 e. The first-order valence-corrected chi connectivity index (χ1v) is 3.33. The van der Waals surface area contributed by atoms with Crippen molar-refractivity contribution in [1.82, 2.24) is 0 Å². The van der Waals surface area contributed by atoms with Gasteiger partial charge in [0.25, 0.3) is 0 Å². The number of alkyl halides is 1. The Morgan fingerprint density at radius 1 is 1.55 bits per heavy atom. The molecule has 1 aliphatic rings. The largest absolute Gasteiger partial charge is 0.393 e. The number of halogens is 1. The lowest BCUT2D eigenvalue weighted by atomic mass is 9.98. The number of hydrogen-bond acceptors (Lipinski definition) is 4. The van der Waals surface area contributed by atoms with E-state index >= 15 is 0 Å². The summed E-state index contributed by atoms with van der Waals surface area (Å²) in [6, 6.07) is 0. The van der Waals surface area contributed by atoms with Gasteiger partial charge in [0, 0.05) is 0 Å². The van der Waals surface area contributed by atoms with Gasteiger partial charge in [-0.15, -0.1) is 0 Å². The van der Waals surface area contributed by atoms with Gasteiger partial charge >= 0.3 is 0 Å². The fraction of sp³-hybridized carbons (Fsp3) is 1.00. The Hall–Kier alpha value is -0.230. The topological polar surface area (TPSA) is 69.9 Å². The van der Waals surface area contributed by atoms with E-state index in [9.17, 15) is 4.39 Å². The van der Waals surface area contributed by atoms with Crippen molar-refractivity contribution >= 4 is 0 Å². The Labute approximate surface area is 63.2 Å². The molecule has 0 saturated carbocycles. The van der Waals surface area contributed by atoms with Crippen LogP contribution in [0.5, 0.6) is 0 Å². The molecule has 0 amide bonds. The molecule has 66 valence electrons. The third kappa shape index (κ3) is 1.24. The summed E-state index contributed by atoms with van der Waals surface area (Å²) in [6.07, 6.45) is -2.43. The standard InChI is InChI=1S/C6H11FO4/c7-2-6(3-8)5(10)4(9)1-11-6/h4-5,8-10H,1-3H2. The Kier molecular flexibility index (Phi) is 2.43. The third-order valence-electron chi connectivity index (χ3n) is 1.94. The van der Waals surface area contributed by atoms with Crippen molar-refractivity contribution in [1.29, 1.82) is 0 Å². The van der Waals surface area contributed by atoms with E-state index in [-0.39, 0.29) is 6.61 Å². The minimum Gasteiger partial charge on any atom is -0.393 e. The lowest BCUT2D eigenvalue weighted by Crippen LogP contribution is -2.48. The van der Waals surface area contributed by atoms with E-state index in [1.165, 1.54) is 0 Å². The predicted octanol–water partition coefficient (Wildman–Crippen LogP) is -1.56. The molecule has 4 nitrogen and oxygen atoms in total. The predicted molar refractivity (Wildman–Crippen MR) is 33.8 cm³/mol. The zero-order valence-corrected chi connectivity index (χ0v) is 5.90. The molecule has 0 aromatic carbocycles. The molecule has 0 aliphatic carbocycles. The van der Waals surface area contributed by atoms with Crippen LogP contribution in [-0.4, -0.2) is 53.0 Å². The van der Waals surface area contributed by atoms with Crippen molar-refractivity contribution in [3.63, 3.8) is 0 Å². The molecule has 11 heavy (non-hydrogen) atoms. The monoisotopic (exact) mass is 166 g/mol. The normalized spacial score (nSPS) is 44.7. The van der Waals surface area contributed by atoms with Gasteiger partial charge in [-0.3, -0.25) is 0 Å². The first kappa shape index (κ1) is 8.86. The van der Waals surface area contributed by atoms with E-state index in [0.717, 1.165) is 0 Å². The molecule has 5 heteroatoms. The number of rotatable bonds is 2.